The van der Waals surface area contributed by atoms with Crippen molar-refractivity contribution in [1.82, 2.24) is 0 Å². The van der Waals surface area contributed by atoms with E-state index in [0.29, 0.717) is 24.5 Å². The van der Waals surface area contributed by atoms with Crippen molar-refractivity contribution in [1.29, 1.82) is 0 Å². The normalized spacial score (nSPS) is 14.5. The molecule has 1 atom stereocenters. The first-order chi connectivity index (χ1) is 5.98. The highest BCUT2D eigenvalue weighted by Gasteiger charge is 2.19. The van der Waals surface area contributed by atoms with Gasteiger partial charge in [-0.15, -0.1) is 0 Å². The first-order valence-corrected chi connectivity index (χ1v) is 5.05. The molecule has 80 valence electrons. The predicted molar refractivity (Wildman–Crippen MR) is 55.9 cm³/mol. The molecule has 0 aromatic rings. The summed E-state index contributed by atoms with van der Waals surface area (Å²) in [6, 6.07) is 0. The summed E-state index contributed by atoms with van der Waals surface area (Å²) in [7, 11) is 1.70. The Hall–Kier alpha value is -0.0800. The molecule has 2 heteroatoms. The fourth-order valence-corrected chi connectivity index (χ4v) is 0.937. The van der Waals surface area contributed by atoms with E-state index in [1.165, 1.54) is 0 Å². The lowest BCUT2D eigenvalue weighted by molar-refractivity contribution is 0.0564. The SMILES string of the molecule is COCCOCCC(C)C(C)(C)C. The Kier molecular flexibility index (Phi) is 6.35. The third-order valence-corrected chi connectivity index (χ3v) is 2.61. The molecule has 0 rings (SSSR count). The van der Waals surface area contributed by atoms with Crippen molar-refractivity contribution in [3.05, 3.63) is 0 Å². The summed E-state index contributed by atoms with van der Waals surface area (Å²) in [5, 5.41) is 0. The highest BCUT2D eigenvalue weighted by atomic mass is 16.5. The molecule has 13 heavy (non-hydrogen) atoms. The van der Waals surface area contributed by atoms with Crippen molar-refractivity contribution in [3.8, 4) is 0 Å². The molecule has 0 amide bonds. The number of methoxy groups -OCH3 is 1. The van der Waals surface area contributed by atoms with E-state index in [1.54, 1.807) is 7.11 Å². The summed E-state index contributed by atoms with van der Waals surface area (Å²) < 4.78 is 10.3. The zero-order valence-corrected chi connectivity index (χ0v) is 9.72. The highest BCUT2D eigenvalue weighted by Crippen LogP contribution is 2.27. The van der Waals surface area contributed by atoms with Crippen molar-refractivity contribution in [2.45, 2.75) is 34.1 Å². The minimum absolute atomic E-state index is 0.393. The Morgan fingerprint density at radius 2 is 1.69 bits per heavy atom. The van der Waals surface area contributed by atoms with Gasteiger partial charge in [0.1, 0.15) is 0 Å². The molecular weight excluding hydrogens is 164 g/mol. The minimum Gasteiger partial charge on any atom is -0.382 e. The Bertz CT molecular complexity index is 116. The zero-order valence-electron chi connectivity index (χ0n) is 9.72. The molecule has 0 fully saturated rings. The summed E-state index contributed by atoms with van der Waals surface area (Å²) in [5.41, 5.74) is 0.393. The maximum absolute atomic E-state index is 5.41. The molecule has 1 unspecified atom stereocenters. The number of hydrogen-bond acceptors (Lipinski definition) is 2. The third kappa shape index (κ3) is 7.03. The molecule has 0 saturated heterocycles. The molecule has 0 aromatic carbocycles. The van der Waals surface area contributed by atoms with E-state index in [-0.39, 0.29) is 0 Å². The van der Waals surface area contributed by atoms with E-state index in [0.717, 1.165) is 13.0 Å². The Labute approximate surface area is 82.6 Å². The van der Waals surface area contributed by atoms with Crippen molar-refractivity contribution >= 4 is 0 Å². The maximum atomic E-state index is 5.41. The lowest BCUT2D eigenvalue weighted by atomic mass is 9.80. The van der Waals surface area contributed by atoms with Crippen LogP contribution in [-0.4, -0.2) is 26.9 Å². The standard InChI is InChI=1S/C11H24O2/c1-10(11(2,3)4)6-7-13-9-8-12-5/h10H,6-9H2,1-5H3. The average molecular weight is 188 g/mol. The van der Waals surface area contributed by atoms with E-state index in [4.69, 9.17) is 9.47 Å². The second-order valence-corrected chi connectivity index (χ2v) is 4.66. The Morgan fingerprint density at radius 1 is 1.08 bits per heavy atom. The molecule has 0 radical (unpaired) electrons. The van der Waals surface area contributed by atoms with Crippen molar-refractivity contribution in [2.24, 2.45) is 11.3 Å². The van der Waals surface area contributed by atoms with Gasteiger partial charge in [-0.2, -0.15) is 0 Å². The summed E-state index contributed by atoms with van der Waals surface area (Å²) >= 11 is 0. The van der Waals surface area contributed by atoms with Crippen LogP contribution in [0.1, 0.15) is 34.1 Å². The molecule has 0 aliphatic heterocycles. The van der Waals surface area contributed by atoms with Crippen LogP contribution in [0, 0.1) is 11.3 Å². The van der Waals surface area contributed by atoms with Gasteiger partial charge in [0.05, 0.1) is 13.2 Å². The second kappa shape index (κ2) is 6.39. The first-order valence-electron chi connectivity index (χ1n) is 5.05. The van der Waals surface area contributed by atoms with Gasteiger partial charge in [0.2, 0.25) is 0 Å². The maximum Gasteiger partial charge on any atom is 0.0700 e. The average Bonchev–Trinajstić information content (AvgIpc) is 2.02. The van der Waals surface area contributed by atoms with Crippen LogP contribution in [0.15, 0.2) is 0 Å². The monoisotopic (exact) mass is 188 g/mol. The summed E-state index contributed by atoms with van der Waals surface area (Å²) in [5.74, 6) is 0.704. The lowest BCUT2D eigenvalue weighted by Gasteiger charge is -2.26. The van der Waals surface area contributed by atoms with Gasteiger partial charge >= 0.3 is 0 Å². The molecular formula is C11H24O2. The van der Waals surface area contributed by atoms with Crippen LogP contribution in [0.2, 0.25) is 0 Å². The van der Waals surface area contributed by atoms with E-state index in [1.807, 2.05) is 0 Å². The fourth-order valence-electron chi connectivity index (χ4n) is 0.937. The molecule has 0 spiro atoms. The second-order valence-electron chi connectivity index (χ2n) is 4.66. The third-order valence-electron chi connectivity index (χ3n) is 2.61. The molecule has 0 heterocycles. The van der Waals surface area contributed by atoms with Gasteiger partial charge in [0.25, 0.3) is 0 Å². The Balaban J connectivity index is 3.32. The van der Waals surface area contributed by atoms with Gasteiger partial charge in [0, 0.05) is 13.7 Å². The van der Waals surface area contributed by atoms with Crippen LogP contribution in [0.3, 0.4) is 0 Å². The smallest absolute Gasteiger partial charge is 0.0700 e. The number of ether oxygens (including phenoxy) is 2. The van der Waals surface area contributed by atoms with Crippen LogP contribution in [0.5, 0.6) is 0 Å². The number of hydrogen-bond donors (Lipinski definition) is 0. The van der Waals surface area contributed by atoms with Crippen LogP contribution >= 0.6 is 0 Å². The van der Waals surface area contributed by atoms with Crippen molar-refractivity contribution in [2.75, 3.05) is 26.9 Å². The molecule has 0 aromatic heterocycles. The molecule has 0 aliphatic rings. The van der Waals surface area contributed by atoms with Crippen LogP contribution in [0.25, 0.3) is 0 Å². The first kappa shape index (κ1) is 12.9. The van der Waals surface area contributed by atoms with E-state index < -0.39 is 0 Å². The van der Waals surface area contributed by atoms with Crippen LogP contribution in [-0.2, 0) is 9.47 Å². The molecule has 0 aliphatic carbocycles. The van der Waals surface area contributed by atoms with Gasteiger partial charge in [0.15, 0.2) is 0 Å². The van der Waals surface area contributed by atoms with Crippen LogP contribution < -0.4 is 0 Å². The van der Waals surface area contributed by atoms with Crippen LogP contribution in [0.4, 0.5) is 0 Å². The highest BCUT2D eigenvalue weighted by molar-refractivity contribution is 4.69. The van der Waals surface area contributed by atoms with Crippen molar-refractivity contribution < 1.29 is 9.47 Å². The molecule has 2 nitrogen and oxygen atoms in total. The van der Waals surface area contributed by atoms with Gasteiger partial charge in [-0.1, -0.05) is 27.7 Å². The largest absolute Gasteiger partial charge is 0.382 e. The van der Waals surface area contributed by atoms with E-state index >= 15 is 0 Å². The summed E-state index contributed by atoms with van der Waals surface area (Å²) in [6.07, 6.45) is 1.13. The summed E-state index contributed by atoms with van der Waals surface area (Å²) in [6.45, 7) is 11.4. The molecule has 0 bridgehead atoms. The van der Waals surface area contributed by atoms with Crippen molar-refractivity contribution in [3.63, 3.8) is 0 Å². The van der Waals surface area contributed by atoms with Gasteiger partial charge < -0.3 is 9.47 Å². The topological polar surface area (TPSA) is 18.5 Å². The lowest BCUT2D eigenvalue weighted by Crippen LogP contribution is -2.19. The molecule has 0 saturated carbocycles. The molecule has 0 N–H and O–H groups in total. The van der Waals surface area contributed by atoms with E-state index in [9.17, 15) is 0 Å². The zero-order chi connectivity index (χ0) is 10.3. The summed E-state index contributed by atoms with van der Waals surface area (Å²) in [4.78, 5) is 0. The predicted octanol–water partition coefficient (Wildman–Crippen LogP) is 2.72. The Morgan fingerprint density at radius 3 is 2.15 bits per heavy atom. The minimum atomic E-state index is 0.393. The van der Waals surface area contributed by atoms with Gasteiger partial charge in [-0.05, 0) is 17.8 Å². The fraction of sp³-hybridized carbons (Fsp3) is 1.00. The van der Waals surface area contributed by atoms with E-state index in [2.05, 4.69) is 27.7 Å². The van der Waals surface area contributed by atoms with Gasteiger partial charge in [-0.25, -0.2) is 0 Å². The number of rotatable bonds is 6. The van der Waals surface area contributed by atoms with Gasteiger partial charge in [-0.3, -0.25) is 0 Å². The quantitative estimate of drug-likeness (QED) is 0.597.